The Bertz CT molecular complexity index is 1290. The van der Waals surface area contributed by atoms with E-state index in [4.69, 9.17) is 27.3 Å². The van der Waals surface area contributed by atoms with Crippen LogP contribution in [-0.4, -0.2) is 48.1 Å². The topological polar surface area (TPSA) is 102 Å². The van der Waals surface area contributed by atoms with Gasteiger partial charge in [0.1, 0.15) is 11.2 Å². The Morgan fingerprint density at radius 3 is 2.56 bits per heavy atom. The van der Waals surface area contributed by atoms with Crippen LogP contribution in [0.15, 0.2) is 18.3 Å². The number of nitrogens with zero attached hydrogens (tertiary/aromatic N) is 6. The van der Waals surface area contributed by atoms with E-state index in [1.165, 1.54) is 12.8 Å². The lowest BCUT2D eigenvalue weighted by atomic mass is 9.98. The fourth-order valence-electron chi connectivity index (χ4n) is 5.27. The number of anilines is 1. The van der Waals surface area contributed by atoms with Crippen LogP contribution in [0.2, 0.25) is 5.02 Å². The SMILES string of the molecule is Cc1nc2c(-c3ccc4nn(C)cc4c3Cl)n[nH]c2nc1N1C2CCC1CC(N)C2.Cl.Cl. The van der Waals surface area contributed by atoms with E-state index >= 15 is 0 Å². The Morgan fingerprint density at radius 1 is 1.12 bits per heavy atom. The fraction of sp³-hybridized carbons (Fsp3) is 0.429. The van der Waals surface area contributed by atoms with Gasteiger partial charge in [0, 0.05) is 42.3 Å². The monoisotopic (exact) mass is 494 g/mol. The predicted molar refractivity (Wildman–Crippen MR) is 132 cm³/mol. The van der Waals surface area contributed by atoms with Gasteiger partial charge in [0.15, 0.2) is 11.5 Å². The van der Waals surface area contributed by atoms with E-state index < -0.39 is 0 Å². The number of halogens is 3. The minimum atomic E-state index is 0. The number of benzene rings is 1. The number of rotatable bonds is 2. The molecule has 2 aliphatic rings. The summed E-state index contributed by atoms with van der Waals surface area (Å²) >= 11 is 6.72. The van der Waals surface area contributed by atoms with Crippen molar-refractivity contribution in [1.82, 2.24) is 29.9 Å². The van der Waals surface area contributed by atoms with Crippen molar-refractivity contribution in [3.8, 4) is 11.3 Å². The summed E-state index contributed by atoms with van der Waals surface area (Å²) in [6.45, 7) is 2.03. The summed E-state index contributed by atoms with van der Waals surface area (Å²) < 4.78 is 1.76. The first kappa shape index (κ1) is 23.0. The van der Waals surface area contributed by atoms with Crippen molar-refractivity contribution in [2.24, 2.45) is 12.8 Å². The maximum absolute atomic E-state index is 6.72. The molecule has 2 fully saturated rings. The zero-order valence-corrected chi connectivity index (χ0v) is 20.1. The second-order valence-corrected chi connectivity index (χ2v) is 8.97. The minimum Gasteiger partial charge on any atom is -0.349 e. The normalized spacial score (nSPS) is 22.2. The molecule has 0 saturated carbocycles. The molecule has 32 heavy (non-hydrogen) atoms. The summed E-state index contributed by atoms with van der Waals surface area (Å²) in [5.74, 6) is 0.950. The molecule has 2 aliphatic heterocycles. The number of hydrogen-bond acceptors (Lipinski definition) is 6. The molecule has 4 aromatic rings. The number of H-pyrrole nitrogens is 1. The first-order valence-corrected chi connectivity index (χ1v) is 10.8. The Labute approximate surface area is 202 Å². The summed E-state index contributed by atoms with van der Waals surface area (Å²) in [5, 5.41) is 13.6. The van der Waals surface area contributed by atoms with Gasteiger partial charge >= 0.3 is 0 Å². The van der Waals surface area contributed by atoms with Crippen molar-refractivity contribution < 1.29 is 0 Å². The Hall–Kier alpha value is -2.13. The van der Waals surface area contributed by atoms with Gasteiger partial charge in [-0.3, -0.25) is 9.78 Å². The molecule has 0 aliphatic carbocycles. The molecule has 2 unspecified atom stereocenters. The number of aryl methyl sites for hydroxylation is 2. The van der Waals surface area contributed by atoms with Crippen molar-refractivity contribution in [3.05, 3.63) is 29.0 Å². The second kappa shape index (κ2) is 8.33. The maximum atomic E-state index is 6.72. The Kier molecular flexibility index (Phi) is 6.00. The third-order valence-corrected chi connectivity index (χ3v) is 6.96. The van der Waals surface area contributed by atoms with Gasteiger partial charge < -0.3 is 10.6 Å². The highest BCUT2D eigenvalue weighted by atomic mass is 35.5. The first-order chi connectivity index (χ1) is 14.5. The second-order valence-electron chi connectivity index (χ2n) is 8.59. The molecule has 2 atom stereocenters. The molecule has 0 radical (unpaired) electrons. The highest BCUT2D eigenvalue weighted by Gasteiger charge is 2.41. The van der Waals surface area contributed by atoms with E-state index in [1.807, 2.05) is 32.3 Å². The van der Waals surface area contributed by atoms with Gasteiger partial charge in [-0.25, -0.2) is 9.97 Å². The molecule has 170 valence electrons. The van der Waals surface area contributed by atoms with Gasteiger partial charge in [-0.05, 0) is 44.7 Å². The largest absolute Gasteiger partial charge is 0.349 e. The third kappa shape index (κ3) is 3.41. The van der Waals surface area contributed by atoms with Crippen LogP contribution in [0.25, 0.3) is 33.3 Å². The Balaban J connectivity index is 0.00000122. The molecular formula is C21H25Cl3N8. The molecule has 5 heterocycles. The van der Waals surface area contributed by atoms with Crippen LogP contribution >= 0.6 is 36.4 Å². The molecule has 0 amide bonds. The lowest BCUT2D eigenvalue weighted by Crippen LogP contribution is -2.48. The number of fused-ring (bicyclic) bond motifs is 4. The lowest BCUT2D eigenvalue weighted by Gasteiger charge is -2.39. The molecule has 6 rings (SSSR count). The minimum absolute atomic E-state index is 0. The van der Waals surface area contributed by atoms with Crippen LogP contribution in [0, 0.1) is 6.92 Å². The number of aromatic nitrogens is 6. The fourth-order valence-corrected chi connectivity index (χ4v) is 5.57. The number of nitrogens with one attached hydrogen (secondary N) is 1. The van der Waals surface area contributed by atoms with E-state index in [0.717, 1.165) is 46.3 Å². The van der Waals surface area contributed by atoms with Crippen LogP contribution < -0.4 is 10.6 Å². The summed E-state index contributed by atoms with van der Waals surface area (Å²) in [5.41, 5.74) is 11.0. The van der Waals surface area contributed by atoms with Gasteiger partial charge in [0.2, 0.25) is 0 Å². The molecule has 3 aromatic heterocycles. The van der Waals surface area contributed by atoms with Crippen LogP contribution in [0.3, 0.4) is 0 Å². The zero-order valence-electron chi connectivity index (χ0n) is 17.7. The summed E-state index contributed by atoms with van der Waals surface area (Å²) in [7, 11) is 1.89. The van der Waals surface area contributed by atoms with Crippen LogP contribution in [0.1, 0.15) is 31.4 Å². The maximum Gasteiger partial charge on any atom is 0.177 e. The van der Waals surface area contributed by atoms with Gasteiger partial charge in [-0.1, -0.05) is 11.6 Å². The first-order valence-electron chi connectivity index (χ1n) is 10.4. The molecule has 2 bridgehead atoms. The van der Waals surface area contributed by atoms with Crippen molar-refractivity contribution in [3.63, 3.8) is 0 Å². The van der Waals surface area contributed by atoms with Crippen LogP contribution in [-0.2, 0) is 7.05 Å². The van der Waals surface area contributed by atoms with Crippen molar-refractivity contribution >= 4 is 64.3 Å². The van der Waals surface area contributed by atoms with Crippen LogP contribution in [0.4, 0.5) is 5.82 Å². The number of piperidine rings is 1. The summed E-state index contributed by atoms with van der Waals surface area (Å²) in [6.07, 6.45) is 6.30. The number of hydrogen-bond donors (Lipinski definition) is 2. The molecule has 0 spiro atoms. The average molecular weight is 496 g/mol. The van der Waals surface area contributed by atoms with E-state index in [1.54, 1.807) is 4.68 Å². The van der Waals surface area contributed by atoms with Crippen molar-refractivity contribution in [1.29, 1.82) is 0 Å². The zero-order chi connectivity index (χ0) is 20.6. The molecular weight excluding hydrogens is 471 g/mol. The average Bonchev–Trinajstić information content (AvgIpc) is 3.36. The predicted octanol–water partition coefficient (Wildman–Crippen LogP) is 4.17. The molecule has 8 nitrogen and oxygen atoms in total. The lowest BCUT2D eigenvalue weighted by molar-refractivity contribution is 0.411. The number of nitrogens with two attached hydrogens (primary N) is 1. The molecule has 3 N–H and O–H groups in total. The molecule has 11 heteroatoms. The highest BCUT2D eigenvalue weighted by Crippen LogP contribution is 2.40. The standard InChI is InChI=1S/C21H23ClN8.2ClH/c1-10-21(30-12-3-4-13(30)8-11(23)7-12)25-20-19(24-10)18(26-27-20)14-5-6-16-15(17(14)22)9-29(2)28-16;;/h5-6,9,11-13H,3-4,7-8,23H2,1-2H3,(H,25,26,27);2*1H. The van der Waals surface area contributed by atoms with E-state index in [9.17, 15) is 0 Å². The summed E-state index contributed by atoms with van der Waals surface area (Å²) in [4.78, 5) is 12.3. The highest BCUT2D eigenvalue weighted by molar-refractivity contribution is 6.38. The van der Waals surface area contributed by atoms with E-state index in [-0.39, 0.29) is 24.8 Å². The summed E-state index contributed by atoms with van der Waals surface area (Å²) in [6, 6.07) is 5.10. The van der Waals surface area contributed by atoms with E-state index in [0.29, 0.717) is 34.5 Å². The van der Waals surface area contributed by atoms with Gasteiger partial charge in [-0.15, -0.1) is 24.8 Å². The van der Waals surface area contributed by atoms with Crippen molar-refractivity contribution in [2.75, 3.05) is 4.90 Å². The Morgan fingerprint density at radius 2 is 1.84 bits per heavy atom. The van der Waals surface area contributed by atoms with Gasteiger partial charge in [0.25, 0.3) is 0 Å². The quantitative estimate of drug-likeness (QED) is 0.433. The smallest absolute Gasteiger partial charge is 0.177 e. The van der Waals surface area contributed by atoms with E-state index in [2.05, 4.69) is 20.2 Å². The molecule has 2 saturated heterocycles. The molecule has 1 aromatic carbocycles. The van der Waals surface area contributed by atoms with Crippen molar-refractivity contribution in [2.45, 2.75) is 50.7 Å². The van der Waals surface area contributed by atoms with Crippen LogP contribution in [0.5, 0.6) is 0 Å². The third-order valence-electron chi connectivity index (χ3n) is 6.55. The van der Waals surface area contributed by atoms with Gasteiger partial charge in [-0.2, -0.15) is 10.2 Å². The number of aromatic amines is 1. The van der Waals surface area contributed by atoms with Gasteiger partial charge in [0.05, 0.1) is 16.2 Å².